The highest BCUT2D eigenvalue weighted by Crippen LogP contribution is 2.29. The summed E-state index contributed by atoms with van der Waals surface area (Å²) in [7, 11) is 1.97. The summed E-state index contributed by atoms with van der Waals surface area (Å²) < 4.78 is 0. The number of rotatable bonds is 5. The Labute approximate surface area is 129 Å². The van der Waals surface area contributed by atoms with E-state index in [1.807, 2.05) is 48.7 Å². The molecule has 0 aliphatic heterocycles. The van der Waals surface area contributed by atoms with E-state index in [1.54, 1.807) is 0 Å². The summed E-state index contributed by atoms with van der Waals surface area (Å²) in [6, 6.07) is 14.1. The van der Waals surface area contributed by atoms with Gasteiger partial charge in [0, 0.05) is 23.0 Å². The molecule has 0 atom stereocenters. The van der Waals surface area contributed by atoms with Crippen LogP contribution in [0.4, 0.5) is 5.69 Å². The van der Waals surface area contributed by atoms with Gasteiger partial charge >= 0.3 is 0 Å². The standard InChI is InChI=1S/C18H19NOS/c1-19-16-11-12-21-18(16)8-4-5-13-9-10-17(20)15-7-3-2-6-14(13)15/h2-3,6-7,9-12,19-20H,4-5,8H2,1H3. The van der Waals surface area contributed by atoms with Crippen molar-refractivity contribution in [1.29, 1.82) is 0 Å². The van der Waals surface area contributed by atoms with E-state index >= 15 is 0 Å². The van der Waals surface area contributed by atoms with Gasteiger partial charge < -0.3 is 10.4 Å². The molecule has 0 aliphatic rings. The first-order chi connectivity index (χ1) is 10.3. The van der Waals surface area contributed by atoms with Gasteiger partial charge in [-0.05, 0) is 47.7 Å². The van der Waals surface area contributed by atoms with Gasteiger partial charge in [0.2, 0.25) is 0 Å². The maximum atomic E-state index is 9.93. The number of phenolic OH excluding ortho intramolecular Hbond substituents is 1. The van der Waals surface area contributed by atoms with Gasteiger partial charge in [-0.2, -0.15) is 0 Å². The van der Waals surface area contributed by atoms with Crippen molar-refractivity contribution in [1.82, 2.24) is 0 Å². The molecular weight excluding hydrogens is 278 g/mol. The first-order valence-electron chi connectivity index (χ1n) is 7.23. The van der Waals surface area contributed by atoms with Crippen molar-refractivity contribution in [2.24, 2.45) is 0 Å². The number of hydrogen-bond donors (Lipinski definition) is 2. The van der Waals surface area contributed by atoms with Crippen LogP contribution in [-0.2, 0) is 12.8 Å². The van der Waals surface area contributed by atoms with Crippen molar-refractivity contribution in [3.63, 3.8) is 0 Å². The van der Waals surface area contributed by atoms with Crippen LogP contribution in [-0.4, -0.2) is 12.2 Å². The zero-order chi connectivity index (χ0) is 14.7. The van der Waals surface area contributed by atoms with E-state index in [0.29, 0.717) is 5.75 Å². The van der Waals surface area contributed by atoms with E-state index in [1.165, 1.54) is 16.1 Å². The fourth-order valence-corrected chi connectivity index (χ4v) is 3.69. The summed E-state index contributed by atoms with van der Waals surface area (Å²) in [4.78, 5) is 1.42. The van der Waals surface area contributed by atoms with Gasteiger partial charge in [0.25, 0.3) is 0 Å². The number of aryl methyl sites for hydroxylation is 2. The molecule has 21 heavy (non-hydrogen) atoms. The van der Waals surface area contributed by atoms with Gasteiger partial charge in [0.1, 0.15) is 5.75 Å². The summed E-state index contributed by atoms with van der Waals surface area (Å²) in [6.45, 7) is 0. The number of hydrogen-bond acceptors (Lipinski definition) is 3. The molecule has 0 radical (unpaired) electrons. The van der Waals surface area contributed by atoms with Crippen LogP contribution in [0.25, 0.3) is 10.8 Å². The number of phenols is 1. The number of benzene rings is 2. The van der Waals surface area contributed by atoms with Crippen molar-refractivity contribution < 1.29 is 5.11 Å². The molecule has 2 N–H and O–H groups in total. The molecule has 3 aromatic rings. The Hall–Kier alpha value is -2.00. The summed E-state index contributed by atoms with van der Waals surface area (Å²) in [5, 5.41) is 17.4. The lowest BCUT2D eigenvalue weighted by atomic mass is 9.99. The highest BCUT2D eigenvalue weighted by Gasteiger charge is 2.06. The SMILES string of the molecule is CNc1ccsc1CCCc1ccc(O)c2ccccc12. The fourth-order valence-electron chi connectivity index (χ4n) is 2.76. The Morgan fingerprint density at radius 3 is 2.62 bits per heavy atom. The molecule has 0 bridgehead atoms. The molecule has 0 spiro atoms. The zero-order valence-electron chi connectivity index (χ0n) is 12.1. The maximum Gasteiger partial charge on any atom is 0.123 e. The molecule has 0 unspecified atom stereocenters. The molecule has 2 aromatic carbocycles. The Morgan fingerprint density at radius 2 is 1.81 bits per heavy atom. The minimum atomic E-state index is 0.366. The average Bonchev–Trinajstić information content (AvgIpc) is 2.97. The predicted octanol–water partition coefficient (Wildman–Crippen LogP) is 4.82. The van der Waals surface area contributed by atoms with Crippen LogP contribution < -0.4 is 5.32 Å². The topological polar surface area (TPSA) is 32.3 Å². The molecule has 3 rings (SSSR count). The van der Waals surface area contributed by atoms with Crippen LogP contribution >= 0.6 is 11.3 Å². The molecule has 0 fully saturated rings. The van der Waals surface area contributed by atoms with E-state index < -0.39 is 0 Å². The van der Waals surface area contributed by atoms with Gasteiger partial charge in [0.05, 0.1) is 0 Å². The molecular formula is C18H19NOS. The molecule has 0 saturated carbocycles. The quantitative estimate of drug-likeness (QED) is 0.707. The molecule has 108 valence electrons. The maximum absolute atomic E-state index is 9.93. The smallest absolute Gasteiger partial charge is 0.123 e. The molecule has 0 saturated heterocycles. The first-order valence-corrected chi connectivity index (χ1v) is 8.11. The largest absolute Gasteiger partial charge is 0.507 e. The number of fused-ring (bicyclic) bond motifs is 1. The van der Waals surface area contributed by atoms with Crippen molar-refractivity contribution in [2.45, 2.75) is 19.3 Å². The third-order valence-corrected chi connectivity index (χ3v) is 4.84. The lowest BCUT2D eigenvalue weighted by Crippen LogP contribution is -1.93. The summed E-state index contributed by atoms with van der Waals surface area (Å²) in [6.07, 6.45) is 3.23. The molecule has 0 aliphatic carbocycles. The molecule has 0 amide bonds. The Kier molecular flexibility index (Phi) is 4.11. The summed E-state index contributed by atoms with van der Waals surface area (Å²) in [5.74, 6) is 0.366. The van der Waals surface area contributed by atoms with Crippen LogP contribution in [0.15, 0.2) is 47.8 Å². The minimum Gasteiger partial charge on any atom is -0.507 e. The van der Waals surface area contributed by atoms with Crippen LogP contribution in [0, 0.1) is 0 Å². The number of thiophene rings is 1. The van der Waals surface area contributed by atoms with Crippen molar-refractivity contribution >= 4 is 27.8 Å². The third-order valence-electron chi connectivity index (χ3n) is 3.86. The highest BCUT2D eigenvalue weighted by atomic mass is 32.1. The Balaban J connectivity index is 1.75. The van der Waals surface area contributed by atoms with Crippen LogP contribution in [0.5, 0.6) is 5.75 Å². The van der Waals surface area contributed by atoms with Gasteiger partial charge in [-0.1, -0.05) is 30.3 Å². The number of aromatic hydroxyl groups is 1. The summed E-state index contributed by atoms with van der Waals surface area (Å²) in [5.41, 5.74) is 2.56. The van der Waals surface area contributed by atoms with Gasteiger partial charge in [0.15, 0.2) is 0 Å². The molecule has 3 heteroatoms. The first kappa shape index (κ1) is 14.0. The van der Waals surface area contributed by atoms with E-state index in [2.05, 4.69) is 22.8 Å². The van der Waals surface area contributed by atoms with E-state index in [4.69, 9.17) is 0 Å². The average molecular weight is 297 g/mol. The van der Waals surface area contributed by atoms with Crippen molar-refractivity contribution in [3.05, 3.63) is 58.3 Å². The Bertz CT molecular complexity index is 748. The number of anilines is 1. The summed E-state index contributed by atoms with van der Waals surface area (Å²) >= 11 is 1.81. The van der Waals surface area contributed by atoms with E-state index in [9.17, 15) is 5.11 Å². The van der Waals surface area contributed by atoms with Crippen molar-refractivity contribution in [3.8, 4) is 5.75 Å². The fraction of sp³-hybridized carbons (Fsp3) is 0.222. The lowest BCUT2D eigenvalue weighted by molar-refractivity contribution is 0.481. The van der Waals surface area contributed by atoms with Gasteiger partial charge in [-0.3, -0.25) is 0 Å². The van der Waals surface area contributed by atoms with Crippen LogP contribution in [0.1, 0.15) is 16.9 Å². The highest BCUT2D eigenvalue weighted by molar-refractivity contribution is 7.10. The van der Waals surface area contributed by atoms with Crippen molar-refractivity contribution in [2.75, 3.05) is 12.4 Å². The minimum absolute atomic E-state index is 0.366. The second-order valence-corrected chi connectivity index (χ2v) is 6.15. The Morgan fingerprint density at radius 1 is 1.00 bits per heavy atom. The van der Waals surface area contributed by atoms with Crippen LogP contribution in [0.2, 0.25) is 0 Å². The molecule has 2 nitrogen and oxygen atoms in total. The lowest BCUT2D eigenvalue weighted by Gasteiger charge is -2.08. The normalized spacial score (nSPS) is 10.9. The van der Waals surface area contributed by atoms with E-state index in [-0.39, 0.29) is 0 Å². The monoisotopic (exact) mass is 297 g/mol. The van der Waals surface area contributed by atoms with Gasteiger partial charge in [-0.15, -0.1) is 11.3 Å². The third kappa shape index (κ3) is 2.88. The predicted molar refractivity (Wildman–Crippen MR) is 91.5 cm³/mol. The second kappa shape index (κ2) is 6.19. The molecule has 1 aromatic heterocycles. The number of nitrogens with one attached hydrogen (secondary N) is 1. The zero-order valence-corrected chi connectivity index (χ0v) is 12.9. The van der Waals surface area contributed by atoms with Gasteiger partial charge in [-0.25, -0.2) is 0 Å². The molecule has 1 heterocycles. The van der Waals surface area contributed by atoms with Crippen LogP contribution in [0.3, 0.4) is 0 Å². The second-order valence-electron chi connectivity index (χ2n) is 5.15. The van der Waals surface area contributed by atoms with E-state index in [0.717, 1.165) is 30.0 Å².